The second-order valence-corrected chi connectivity index (χ2v) is 4.43. The maximum atomic E-state index is 13.0. The Kier molecular flexibility index (Phi) is 4.58. The number of benzene rings is 2. The van der Waals surface area contributed by atoms with Crippen LogP contribution >= 0.6 is 11.6 Å². The van der Waals surface area contributed by atoms with Gasteiger partial charge in [0.15, 0.2) is 12.4 Å². The lowest BCUT2D eigenvalue weighted by atomic mass is 10.1. The van der Waals surface area contributed by atoms with E-state index < -0.39 is 5.82 Å². The zero-order chi connectivity index (χ0) is 14.5. The average molecular weight is 295 g/mol. The van der Waals surface area contributed by atoms with Crippen LogP contribution in [0.5, 0.6) is 11.5 Å². The number of carbonyl (C=O) groups is 1. The van der Waals surface area contributed by atoms with Crippen LogP contribution < -0.4 is 9.47 Å². The van der Waals surface area contributed by atoms with E-state index in [1.54, 1.807) is 24.3 Å². The topological polar surface area (TPSA) is 35.5 Å². The van der Waals surface area contributed by atoms with Crippen LogP contribution in [0.4, 0.5) is 4.39 Å². The smallest absolute Gasteiger partial charge is 0.200 e. The number of methoxy groups -OCH3 is 1. The van der Waals surface area contributed by atoms with Crippen LogP contribution in [0.25, 0.3) is 0 Å². The lowest BCUT2D eigenvalue weighted by Crippen LogP contribution is -2.11. The van der Waals surface area contributed by atoms with E-state index in [2.05, 4.69) is 0 Å². The Morgan fingerprint density at radius 3 is 2.70 bits per heavy atom. The first-order valence-corrected chi connectivity index (χ1v) is 6.23. The molecule has 0 aromatic heterocycles. The number of Topliss-reactive ketones (excluding diaryl/α,β-unsaturated/α-hetero) is 1. The van der Waals surface area contributed by atoms with E-state index in [0.717, 1.165) is 0 Å². The van der Waals surface area contributed by atoms with Gasteiger partial charge in [0.1, 0.15) is 17.3 Å². The molecular formula is C15H12ClFO3. The van der Waals surface area contributed by atoms with Crippen LogP contribution in [0.1, 0.15) is 10.4 Å². The Morgan fingerprint density at radius 1 is 1.20 bits per heavy atom. The van der Waals surface area contributed by atoms with E-state index in [1.807, 2.05) is 0 Å². The van der Waals surface area contributed by atoms with Crippen LogP contribution in [0.15, 0.2) is 42.5 Å². The normalized spacial score (nSPS) is 10.2. The zero-order valence-electron chi connectivity index (χ0n) is 10.7. The molecule has 0 N–H and O–H groups in total. The standard InChI is InChI=1S/C15H12ClFO3/c1-19-11-4-2-3-10(7-11)15(18)9-20-12-5-6-14(17)13(16)8-12/h2-8H,9H2,1H3. The van der Waals surface area contributed by atoms with Gasteiger partial charge in [-0.05, 0) is 24.3 Å². The summed E-state index contributed by atoms with van der Waals surface area (Å²) in [5.41, 5.74) is 0.484. The molecule has 0 unspecified atom stereocenters. The maximum Gasteiger partial charge on any atom is 0.200 e. The van der Waals surface area contributed by atoms with E-state index in [0.29, 0.717) is 17.1 Å². The summed E-state index contributed by atoms with van der Waals surface area (Å²) in [6.07, 6.45) is 0. The minimum atomic E-state index is -0.530. The molecule has 0 fully saturated rings. The zero-order valence-corrected chi connectivity index (χ0v) is 11.5. The first-order valence-electron chi connectivity index (χ1n) is 5.85. The fourth-order valence-corrected chi connectivity index (χ4v) is 1.77. The van der Waals surface area contributed by atoms with Crippen molar-refractivity contribution in [1.29, 1.82) is 0 Å². The van der Waals surface area contributed by atoms with Gasteiger partial charge in [-0.15, -0.1) is 0 Å². The van der Waals surface area contributed by atoms with Gasteiger partial charge in [0.2, 0.25) is 0 Å². The number of ketones is 1. The van der Waals surface area contributed by atoms with Gasteiger partial charge in [-0.3, -0.25) is 4.79 Å². The summed E-state index contributed by atoms with van der Waals surface area (Å²) >= 11 is 5.63. The van der Waals surface area contributed by atoms with Crippen molar-refractivity contribution in [1.82, 2.24) is 0 Å². The van der Waals surface area contributed by atoms with Gasteiger partial charge in [0.05, 0.1) is 12.1 Å². The van der Waals surface area contributed by atoms with Crippen molar-refractivity contribution in [3.63, 3.8) is 0 Å². The fourth-order valence-electron chi connectivity index (χ4n) is 1.60. The molecule has 0 aliphatic heterocycles. The molecule has 104 valence electrons. The van der Waals surface area contributed by atoms with Crippen LogP contribution in [-0.2, 0) is 0 Å². The Morgan fingerprint density at radius 2 is 2.00 bits per heavy atom. The van der Waals surface area contributed by atoms with Crippen molar-refractivity contribution in [2.75, 3.05) is 13.7 Å². The molecule has 0 bridgehead atoms. The summed E-state index contributed by atoms with van der Waals surface area (Å²) < 4.78 is 23.3. The number of hydrogen-bond acceptors (Lipinski definition) is 3. The SMILES string of the molecule is COc1cccc(C(=O)COc2ccc(F)c(Cl)c2)c1. The summed E-state index contributed by atoms with van der Waals surface area (Å²) in [4.78, 5) is 12.0. The molecule has 2 rings (SSSR count). The number of carbonyl (C=O) groups excluding carboxylic acids is 1. The van der Waals surface area contributed by atoms with E-state index >= 15 is 0 Å². The van der Waals surface area contributed by atoms with Crippen LogP contribution in [0, 0.1) is 5.82 Å². The van der Waals surface area contributed by atoms with Gasteiger partial charge in [-0.2, -0.15) is 0 Å². The lowest BCUT2D eigenvalue weighted by molar-refractivity contribution is 0.0921. The number of ether oxygens (including phenoxy) is 2. The quantitative estimate of drug-likeness (QED) is 0.788. The second kappa shape index (κ2) is 6.39. The molecule has 20 heavy (non-hydrogen) atoms. The van der Waals surface area contributed by atoms with Gasteiger partial charge < -0.3 is 9.47 Å². The maximum absolute atomic E-state index is 13.0. The van der Waals surface area contributed by atoms with Gasteiger partial charge in [-0.1, -0.05) is 23.7 Å². The predicted octanol–water partition coefficient (Wildman–Crippen LogP) is 3.75. The summed E-state index contributed by atoms with van der Waals surface area (Å²) in [5, 5.41) is -0.0451. The predicted molar refractivity (Wildman–Crippen MR) is 74.2 cm³/mol. The molecule has 0 aliphatic carbocycles. The highest BCUT2D eigenvalue weighted by Gasteiger charge is 2.09. The molecule has 2 aromatic rings. The molecule has 5 heteroatoms. The Labute approximate surface area is 120 Å². The molecule has 0 saturated heterocycles. The van der Waals surface area contributed by atoms with Gasteiger partial charge in [0.25, 0.3) is 0 Å². The third kappa shape index (κ3) is 3.48. The first-order chi connectivity index (χ1) is 9.60. The summed E-state index contributed by atoms with van der Waals surface area (Å²) in [7, 11) is 1.53. The molecular weight excluding hydrogens is 283 g/mol. The number of halogens is 2. The third-order valence-corrected chi connectivity index (χ3v) is 2.94. The third-order valence-electron chi connectivity index (χ3n) is 2.65. The molecule has 0 heterocycles. The highest BCUT2D eigenvalue weighted by atomic mass is 35.5. The molecule has 0 atom stereocenters. The molecule has 0 amide bonds. The van der Waals surface area contributed by atoms with Gasteiger partial charge in [0, 0.05) is 11.6 Å². The number of hydrogen-bond donors (Lipinski definition) is 0. The molecule has 0 radical (unpaired) electrons. The van der Waals surface area contributed by atoms with E-state index in [-0.39, 0.29) is 17.4 Å². The Bertz CT molecular complexity index is 628. The minimum absolute atomic E-state index is 0.0451. The van der Waals surface area contributed by atoms with Crippen molar-refractivity contribution in [3.05, 3.63) is 58.9 Å². The highest BCUT2D eigenvalue weighted by Crippen LogP contribution is 2.21. The summed E-state index contributed by atoms with van der Waals surface area (Å²) in [6.45, 7) is -0.158. The van der Waals surface area contributed by atoms with Crippen LogP contribution in [-0.4, -0.2) is 19.5 Å². The van der Waals surface area contributed by atoms with Crippen molar-refractivity contribution >= 4 is 17.4 Å². The number of rotatable bonds is 5. The second-order valence-electron chi connectivity index (χ2n) is 4.02. The van der Waals surface area contributed by atoms with E-state index in [4.69, 9.17) is 21.1 Å². The monoisotopic (exact) mass is 294 g/mol. The Hall–Kier alpha value is -2.07. The van der Waals surface area contributed by atoms with Crippen molar-refractivity contribution < 1.29 is 18.7 Å². The summed E-state index contributed by atoms with van der Waals surface area (Å²) in [6, 6.07) is 10.7. The molecule has 0 aliphatic rings. The lowest BCUT2D eigenvalue weighted by Gasteiger charge is -2.07. The Balaban J connectivity index is 2.02. The minimum Gasteiger partial charge on any atom is -0.497 e. The molecule has 0 spiro atoms. The average Bonchev–Trinajstić information content (AvgIpc) is 2.48. The van der Waals surface area contributed by atoms with E-state index in [9.17, 15) is 9.18 Å². The highest BCUT2D eigenvalue weighted by molar-refractivity contribution is 6.30. The first kappa shape index (κ1) is 14.3. The van der Waals surface area contributed by atoms with Gasteiger partial charge in [-0.25, -0.2) is 4.39 Å². The van der Waals surface area contributed by atoms with E-state index in [1.165, 1.54) is 25.3 Å². The van der Waals surface area contributed by atoms with Crippen molar-refractivity contribution in [2.45, 2.75) is 0 Å². The molecule has 2 aromatic carbocycles. The van der Waals surface area contributed by atoms with Crippen molar-refractivity contribution in [2.24, 2.45) is 0 Å². The van der Waals surface area contributed by atoms with Gasteiger partial charge >= 0.3 is 0 Å². The fraction of sp³-hybridized carbons (Fsp3) is 0.133. The summed E-state index contributed by atoms with van der Waals surface area (Å²) in [5.74, 6) is 0.204. The molecule has 0 saturated carbocycles. The van der Waals surface area contributed by atoms with Crippen LogP contribution in [0.3, 0.4) is 0 Å². The largest absolute Gasteiger partial charge is 0.497 e. The molecule has 3 nitrogen and oxygen atoms in total. The van der Waals surface area contributed by atoms with Crippen LogP contribution in [0.2, 0.25) is 5.02 Å². The van der Waals surface area contributed by atoms with Crippen molar-refractivity contribution in [3.8, 4) is 11.5 Å².